The Morgan fingerprint density at radius 3 is 2.36 bits per heavy atom. The zero-order valence-corrected chi connectivity index (χ0v) is 21.7. The van der Waals surface area contributed by atoms with Gasteiger partial charge in [-0.25, -0.2) is 9.59 Å². The number of phenols is 1. The lowest BCUT2D eigenvalue weighted by atomic mass is 9.75. The number of carboxylic acids is 1. The Morgan fingerprint density at radius 1 is 1.10 bits per heavy atom. The highest BCUT2D eigenvalue weighted by Gasteiger charge is 2.58. The molecular formula is C27H32N4O8. The Labute approximate surface area is 225 Å². The van der Waals surface area contributed by atoms with E-state index in [0.29, 0.717) is 5.56 Å². The number of phenolic OH excluding ortho intramolecular Hbond substituents is 1. The molecule has 2 aromatic rings. The molecule has 2 aromatic carbocycles. The van der Waals surface area contributed by atoms with Crippen LogP contribution in [0, 0.1) is 5.41 Å². The number of hydrogen-bond acceptors (Lipinski definition) is 9. The van der Waals surface area contributed by atoms with Crippen molar-refractivity contribution in [1.82, 2.24) is 16.0 Å². The Balaban J connectivity index is 2.18. The van der Waals surface area contributed by atoms with Crippen LogP contribution in [0.5, 0.6) is 5.75 Å². The number of benzene rings is 2. The number of alkyl carbamates (subject to hydrolysis) is 1. The number of nitrogens with one attached hydrogen (secondary N) is 4. The molecule has 0 spiro atoms. The summed E-state index contributed by atoms with van der Waals surface area (Å²) in [6, 6.07) is 13.7. The maximum Gasteiger partial charge on any atom is 0.412 e. The van der Waals surface area contributed by atoms with Crippen LogP contribution in [0.2, 0.25) is 0 Å². The monoisotopic (exact) mass is 540 g/mol. The van der Waals surface area contributed by atoms with Gasteiger partial charge >= 0.3 is 17.8 Å². The third kappa shape index (κ3) is 6.24. The van der Waals surface area contributed by atoms with E-state index < -0.39 is 46.8 Å². The maximum absolute atomic E-state index is 13.3. The van der Waals surface area contributed by atoms with Gasteiger partial charge in [0.15, 0.2) is 5.78 Å². The molecule has 0 aliphatic carbocycles. The molecular weight excluding hydrogens is 508 g/mol. The number of hydrogen-bond donors (Lipinski definition) is 6. The number of piperidine rings is 1. The van der Waals surface area contributed by atoms with Gasteiger partial charge in [-0.15, -0.1) is 0 Å². The number of Topliss-reactive ketones (excluding diaryl/α,β-unsaturated/α-hetero) is 1. The number of ether oxygens (including phenoxy) is 2. The number of aliphatic carboxylic acids is 1. The number of carbonyl (C=O) groups is 4. The fourth-order valence-electron chi connectivity index (χ4n) is 4.51. The summed E-state index contributed by atoms with van der Waals surface area (Å²) in [6.45, 7) is 3.39. The van der Waals surface area contributed by atoms with Crippen molar-refractivity contribution in [2.24, 2.45) is 0 Å². The third-order valence-corrected chi connectivity index (χ3v) is 6.48. The second-order valence-corrected chi connectivity index (χ2v) is 8.89. The molecule has 0 aromatic heterocycles. The first-order chi connectivity index (χ1) is 18.6. The maximum atomic E-state index is 13.3. The summed E-state index contributed by atoms with van der Waals surface area (Å²) < 4.78 is 11.2. The van der Waals surface area contributed by atoms with Crippen LogP contribution in [-0.4, -0.2) is 70.8 Å². The molecule has 1 aliphatic heterocycles. The number of ketones is 1. The number of amides is 2. The van der Waals surface area contributed by atoms with Gasteiger partial charge in [-0.1, -0.05) is 37.3 Å². The van der Waals surface area contributed by atoms with Gasteiger partial charge in [-0.2, -0.15) is 0 Å². The molecule has 3 atom stereocenters. The van der Waals surface area contributed by atoms with Crippen LogP contribution in [0.1, 0.15) is 48.5 Å². The van der Waals surface area contributed by atoms with Gasteiger partial charge in [0.2, 0.25) is 0 Å². The highest BCUT2D eigenvalue weighted by molar-refractivity contribution is 6.11. The minimum Gasteiger partial charge on any atom is -0.508 e. The quantitative estimate of drug-likeness (QED) is 0.114. The van der Waals surface area contributed by atoms with Crippen molar-refractivity contribution < 1.29 is 38.9 Å². The summed E-state index contributed by atoms with van der Waals surface area (Å²) in [4.78, 5) is 51.7. The van der Waals surface area contributed by atoms with E-state index in [1.54, 1.807) is 37.3 Å². The molecule has 0 saturated carbocycles. The van der Waals surface area contributed by atoms with Gasteiger partial charge in [-0.05, 0) is 49.7 Å². The van der Waals surface area contributed by atoms with Crippen molar-refractivity contribution in [1.29, 1.82) is 5.41 Å². The summed E-state index contributed by atoms with van der Waals surface area (Å²) >= 11 is 0. The van der Waals surface area contributed by atoms with Crippen LogP contribution in [0.15, 0.2) is 54.6 Å². The van der Waals surface area contributed by atoms with Crippen molar-refractivity contribution in [3.63, 3.8) is 0 Å². The zero-order chi connectivity index (χ0) is 28.6. The van der Waals surface area contributed by atoms with Gasteiger partial charge in [0.1, 0.15) is 17.2 Å². The number of amidine groups is 1. The lowest BCUT2D eigenvalue weighted by Gasteiger charge is -2.48. The first-order valence-electron chi connectivity index (χ1n) is 12.5. The molecule has 208 valence electrons. The first-order valence-corrected chi connectivity index (χ1v) is 12.5. The average molecular weight is 541 g/mol. The standard InChI is InChI=1S/C27H32N4O8/c1-3-21(33)27(24(35)36,31-22(34)18-8-6-5-7-9-18)39-26(23(28)30-25(37)38-4-2)14-15-29-16-20(26)17-10-12-19(32)13-11-17/h5-13,20,29,32H,3-4,14-16H2,1-2H3,(H,31,34)(H,35,36)(H2,28,30,37). The normalized spacial score (nSPS) is 20.2. The van der Waals surface area contributed by atoms with Gasteiger partial charge < -0.3 is 30.3 Å². The van der Waals surface area contributed by atoms with Crippen LogP contribution >= 0.6 is 0 Å². The number of carbonyl (C=O) groups excluding carboxylic acids is 3. The number of rotatable bonds is 10. The lowest BCUT2D eigenvalue weighted by Crippen LogP contribution is -2.70. The smallest absolute Gasteiger partial charge is 0.412 e. The zero-order valence-electron chi connectivity index (χ0n) is 21.7. The Bertz CT molecular complexity index is 1220. The van der Waals surface area contributed by atoms with Crippen molar-refractivity contribution in [3.05, 3.63) is 65.7 Å². The van der Waals surface area contributed by atoms with Crippen molar-refractivity contribution in [3.8, 4) is 5.75 Å². The minimum absolute atomic E-state index is 0.0104. The van der Waals surface area contributed by atoms with E-state index in [2.05, 4.69) is 16.0 Å². The molecule has 39 heavy (non-hydrogen) atoms. The summed E-state index contributed by atoms with van der Waals surface area (Å²) in [6.07, 6.45) is -1.35. The highest BCUT2D eigenvalue weighted by Crippen LogP contribution is 2.41. The average Bonchev–Trinajstić information content (AvgIpc) is 2.93. The van der Waals surface area contributed by atoms with E-state index in [4.69, 9.17) is 14.9 Å². The molecule has 1 saturated heterocycles. The predicted molar refractivity (Wildman–Crippen MR) is 140 cm³/mol. The number of carboxylic acid groups (broad SMARTS) is 1. The lowest BCUT2D eigenvalue weighted by molar-refractivity contribution is -0.196. The van der Waals surface area contributed by atoms with Gasteiger partial charge in [0, 0.05) is 24.4 Å². The molecule has 0 bridgehead atoms. The van der Waals surface area contributed by atoms with E-state index in [9.17, 15) is 29.4 Å². The van der Waals surface area contributed by atoms with Crippen LogP contribution in [0.25, 0.3) is 0 Å². The summed E-state index contributed by atoms with van der Waals surface area (Å²) in [5.74, 6) is -5.04. The molecule has 2 amide bonds. The van der Waals surface area contributed by atoms with E-state index in [1.807, 2.05) is 0 Å². The topological polar surface area (TPSA) is 187 Å². The van der Waals surface area contributed by atoms with Crippen LogP contribution < -0.4 is 16.0 Å². The molecule has 1 fully saturated rings. The Hall–Kier alpha value is -4.29. The molecule has 12 nitrogen and oxygen atoms in total. The van der Waals surface area contributed by atoms with E-state index >= 15 is 0 Å². The second-order valence-electron chi connectivity index (χ2n) is 8.89. The molecule has 1 heterocycles. The molecule has 3 rings (SSSR count). The van der Waals surface area contributed by atoms with E-state index in [1.165, 1.54) is 31.2 Å². The molecule has 3 unspecified atom stereocenters. The van der Waals surface area contributed by atoms with Crippen molar-refractivity contribution in [2.75, 3.05) is 19.7 Å². The molecule has 6 N–H and O–H groups in total. The predicted octanol–water partition coefficient (Wildman–Crippen LogP) is 2.14. The Morgan fingerprint density at radius 2 is 1.77 bits per heavy atom. The van der Waals surface area contributed by atoms with Crippen LogP contribution in [-0.2, 0) is 19.1 Å². The fraction of sp³-hybridized carbons (Fsp3) is 0.370. The SMILES string of the molecule is CCOC(=O)NC(=N)C1(OC(NC(=O)c2ccccc2)(C(=O)O)C(=O)CC)CCNCC1c1ccc(O)cc1. The van der Waals surface area contributed by atoms with Crippen LogP contribution in [0.4, 0.5) is 4.79 Å². The first kappa shape index (κ1) is 29.3. The number of aromatic hydroxyl groups is 1. The van der Waals surface area contributed by atoms with Gasteiger partial charge in [0.05, 0.1) is 6.61 Å². The fourth-order valence-corrected chi connectivity index (χ4v) is 4.51. The van der Waals surface area contributed by atoms with Gasteiger partial charge in [-0.3, -0.25) is 20.3 Å². The van der Waals surface area contributed by atoms with Crippen molar-refractivity contribution >= 4 is 29.6 Å². The summed E-state index contributed by atoms with van der Waals surface area (Å²) in [5.41, 5.74) is -4.23. The summed E-state index contributed by atoms with van der Waals surface area (Å²) in [7, 11) is 0. The highest BCUT2D eigenvalue weighted by atomic mass is 16.6. The molecule has 12 heteroatoms. The largest absolute Gasteiger partial charge is 0.508 e. The van der Waals surface area contributed by atoms with Gasteiger partial charge in [0.25, 0.3) is 5.91 Å². The Kier molecular flexibility index (Phi) is 9.38. The minimum atomic E-state index is -2.91. The van der Waals surface area contributed by atoms with E-state index in [-0.39, 0.29) is 43.9 Å². The second kappa shape index (κ2) is 12.5. The third-order valence-electron chi connectivity index (χ3n) is 6.48. The van der Waals surface area contributed by atoms with Crippen molar-refractivity contribution in [2.45, 2.75) is 43.9 Å². The van der Waals surface area contributed by atoms with Crippen LogP contribution in [0.3, 0.4) is 0 Å². The van der Waals surface area contributed by atoms with E-state index in [0.717, 1.165) is 0 Å². The molecule has 1 aliphatic rings. The molecule has 0 radical (unpaired) electrons. The summed E-state index contributed by atoms with van der Waals surface area (Å²) in [5, 5.41) is 36.9.